The van der Waals surface area contributed by atoms with Crippen molar-refractivity contribution in [2.75, 3.05) is 6.61 Å². The van der Waals surface area contributed by atoms with Gasteiger partial charge < -0.3 is 4.74 Å². The van der Waals surface area contributed by atoms with Crippen LogP contribution in [0.15, 0.2) is 48.5 Å². The molecule has 1 nitrogen and oxygen atoms in total. The van der Waals surface area contributed by atoms with Crippen LogP contribution in [0, 0.1) is 17.8 Å². The molecule has 3 unspecified atom stereocenters. The van der Waals surface area contributed by atoms with Gasteiger partial charge in [-0.25, -0.2) is 0 Å². The highest BCUT2D eigenvalue weighted by Crippen LogP contribution is 2.38. The van der Waals surface area contributed by atoms with Crippen molar-refractivity contribution >= 4 is 0 Å². The van der Waals surface area contributed by atoms with Crippen LogP contribution in [-0.4, -0.2) is 6.61 Å². The number of aryl methyl sites for hydroxylation is 1. The van der Waals surface area contributed by atoms with E-state index in [0.717, 1.165) is 36.5 Å². The van der Waals surface area contributed by atoms with Gasteiger partial charge in [-0.05, 0) is 78.7 Å². The van der Waals surface area contributed by atoms with Crippen LogP contribution in [0.3, 0.4) is 0 Å². The minimum Gasteiger partial charge on any atom is -0.494 e. The zero-order valence-electron chi connectivity index (χ0n) is 20.2. The Morgan fingerprint density at radius 2 is 1.45 bits per heavy atom. The summed E-state index contributed by atoms with van der Waals surface area (Å²) in [4.78, 5) is 0. The minimum atomic E-state index is 0.809. The molecule has 170 valence electrons. The van der Waals surface area contributed by atoms with E-state index in [9.17, 15) is 0 Å². The summed E-state index contributed by atoms with van der Waals surface area (Å²) >= 11 is 0. The average Bonchev–Trinajstić information content (AvgIpc) is 2.80. The maximum Gasteiger partial charge on any atom is 0.119 e. The first kappa shape index (κ1) is 23.9. The number of benzene rings is 2. The molecule has 0 N–H and O–H groups in total. The van der Waals surface area contributed by atoms with E-state index in [2.05, 4.69) is 69.3 Å². The van der Waals surface area contributed by atoms with Gasteiger partial charge in [0.2, 0.25) is 0 Å². The summed E-state index contributed by atoms with van der Waals surface area (Å²) < 4.78 is 5.79. The zero-order chi connectivity index (χ0) is 21.9. The summed E-state index contributed by atoms with van der Waals surface area (Å²) in [7, 11) is 0. The molecule has 2 aromatic carbocycles. The van der Waals surface area contributed by atoms with Crippen molar-refractivity contribution in [2.45, 2.75) is 91.4 Å². The van der Waals surface area contributed by atoms with Gasteiger partial charge in [0.15, 0.2) is 0 Å². The fourth-order valence-corrected chi connectivity index (χ4v) is 5.24. The first-order chi connectivity index (χ1) is 15.2. The maximum atomic E-state index is 5.79. The van der Waals surface area contributed by atoms with Gasteiger partial charge >= 0.3 is 0 Å². The lowest BCUT2D eigenvalue weighted by atomic mass is 9.71. The van der Waals surface area contributed by atoms with Crippen molar-refractivity contribution in [1.82, 2.24) is 0 Å². The molecule has 1 aliphatic carbocycles. The van der Waals surface area contributed by atoms with E-state index < -0.39 is 0 Å². The number of unbranched alkanes of at least 4 members (excludes halogenated alkanes) is 3. The highest BCUT2D eigenvalue weighted by molar-refractivity contribution is 5.64. The molecule has 3 rings (SSSR count). The highest BCUT2D eigenvalue weighted by Gasteiger charge is 2.26. The van der Waals surface area contributed by atoms with Crippen molar-refractivity contribution in [1.29, 1.82) is 0 Å². The molecule has 0 bridgehead atoms. The van der Waals surface area contributed by atoms with Gasteiger partial charge in [0, 0.05) is 0 Å². The predicted octanol–water partition coefficient (Wildman–Crippen LogP) is 9.10. The molecule has 1 saturated carbocycles. The van der Waals surface area contributed by atoms with Crippen molar-refractivity contribution in [3.8, 4) is 16.9 Å². The minimum absolute atomic E-state index is 0.809. The average molecular weight is 421 g/mol. The van der Waals surface area contributed by atoms with Crippen LogP contribution < -0.4 is 4.74 Å². The molecule has 0 amide bonds. The number of ether oxygens (including phenoxy) is 1. The molecular formula is C30H44O. The van der Waals surface area contributed by atoms with Crippen molar-refractivity contribution < 1.29 is 4.74 Å². The Balaban J connectivity index is 1.44. The highest BCUT2D eigenvalue weighted by atomic mass is 16.5. The Kier molecular flexibility index (Phi) is 9.97. The molecule has 31 heavy (non-hydrogen) atoms. The fourth-order valence-electron chi connectivity index (χ4n) is 5.24. The monoisotopic (exact) mass is 420 g/mol. The van der Waals surface area contributed by atoms with Crippen LogP contribution in [-0.2, 0) is 6.42 Å². The molecule has 0 heterocycles. The largest absolute Gasteiger partial charge is 0.494 e. The summed E-state index contributed by atoms with van der Waals surface area (Å²) in [6.45, 7) is 7.82. The first-order valence-electron chi connectivity index (χ1n) is 13.0. The maximum absolute atomic E-state index is 5.79. The van der Waals surface area contributed by atoms with Gasteiger partial charge in [-0.1, -0.05) is 95.7 Å². The van der Waals surface area contributed by atoms with Gasteiger partial charge in [0.25, 0.3) is 0 Å². The normalized spacial score (nSPS) is 21.2. The molecule has 2 aromatic rings. The van der Waals surface area contributed by atoms with Gasteiger partial charge in [0.05, 0.1) is 6.61 Å². The van der Waals surface area contributed by atoms with Crippen LogP contribution in [0.2, 0.25) is 0 Å². The van der Waals surface area contributed by atoms with Crippen LogP contribution >= 0.6 is 0 Å². The zero-order valence-corrected chi connectivity index (χ0v) is 20.2. The third-order valence-corrected chi connectivity index (χ3v) is 7.38. The third-order valence-electron chi connectivity index (χ3n) is 7.38. The molecule has 1 fully saturated rings. The fraction of sp³-hybridized carbons (Fsp3) is 0.600. The smallest absolute Gasteiger partial charge is 0.119 e. The molecule has 0 saturated heterocycles. The molecular weight excluding hydrogens is 376 g/mol. The Morgan fingerprint density at radius 1 is 0.774 bits per heavy atom. The van der Waals surface area contributed by atoms with E-state index in [0.29, 0.717) is 0 Å². The Hall–Kier alpha value is -1.76. The number of hydrogen-bond donors (Lipinski definition) is 0. The van der Waals surface area contributed by atoms with Crippen LogP contribution in [0.4, 0.5) is 0 Å². The molecule has 1 heteroatoms. The lowest BCUT2D eigenvalue weighted by molar-refractivity contribution is 0.175. The summed E-state index contributed by atoms with van der Waals surface area (Å²) in [6.07, 6.45) is 14.9. The van der Waals surface area contributed by atoms with Crippen LogP contribution in [0.1, 0.15) is 90.5 Å². The van der Waals surface area contributed by atoms with Gasteiger partial charge in [-0.3, -0.25) is 0 Å². The second-order valence-corrected chi connectivity index (χ2v) is 9.87. The van der Waals surface area contributed by atoms with Crippen LogP contribution in [0.25, 0.3) is 11.1 Å². The molecule has 1 aliphatic rings. The molecule has 0 spiro atoms. The SMILES string of the molecule is CCCCCC1CCC(CCc2ccc(-c3ccc(OCCCC)cc3)cc2)C(C)C1. The van der Waals surface area contributed by atoms with Crippen molar-refractivity contribution in [3.63, 3.8) is 0 Å². The second kappa shape index (κ2) is 12.9. The second-order valence-electron chi connectivity index (χ2n) is 9.87. The van der Waals surface area contributed by atoms with Gasteiger partial charge in [0.1, 0.15) is 5.75 Å². The van der Waals surface area contributed by atoms with Crippen LogP contribution in [0.5, 0.6) is 5.75 Å². The standard InChI is InChI=1S/C30H44O/c1-4-6-8-9-26-13-15-27(24(3)23-26)14-10-25-11-16-28(17-12-25)29-18-20-30(21-19-29)31-22-7-5-2/h11-12,16-21,24,26-27H,4-10,13-15,22-23H2,1-3H3. The lowest BCUT2D eigenvalue weighted by Gasteiger charge is -2.34. The van der Waals surface area contributed by atoms with Crippen molar-refractivity contribution in [3.05, 3.63) is 54.1 Å². The number of rotatable bonds is 12. The van der Waals surface area contributed by atoms with E-state index in [4.69, 9.17) is 4.74 Å². The number of hydrogen-bond acceptors (Lipinski definition) is 1. The summed E-state index contributed by atoms with van der Waals surface area (Å²) in [5.74, 6) is 3.80. The molecule has 0 aliphatic heterocycles. The quantitative estimate of drug-likeness (QED) is 0.311. The molecule has 0 aromatic heterocycles. The summed E-state index contributed by atoms with van der Waals surface area (Å²) in [5, 5.41) is 0. The van der Waals surface area contributed by atoms with Gasteiger partial charge in [-0.2, -0.15) is 0 Å². The third kappa shape index (κ3) is 7.70. The Morgan fingerprint density at radius 3 is 2.10 bits per heavy atom. The van der Waals surface area contributed by atoms with E-state index in [1.54, 1.807) is 0 Å². The van der Waals surface area contributed by atoms with Crippen molar-refractivity contribution in [2.24, 2.45) is 17.8 Å². The molecule has 3 atom stereocenters. The Bertz CT molecular complexity index is 730. The topological polar surface area (TPSA) is 9.23 Å². The summed E-state index contributed by atoms with van der Waals surface area (Å²) in [6, 6.07) is 17.8. The van der Waals surface area contributed by atoms with E-state index >= 15 is 0 Å². The van der Waals surface area contributed by atoms with E-state index in [1.165, 1.54) is 80.9 Å². The molecule has 0 radical (unpaired) electrons. The first-order valence-corrected chi connectivity index (χ1v) is 13.0. The van der Waals surface area contributed by atoms with E-state index in [-0.39, 0.29) is 0 Å². The lowest BCUT2D eigenvalue weighted by Crippen LogP contribution is -2.23. The van der Waals surface area contributed by atoms with E-state index in [1.807, 2.05) is 0 Å². The summed E-state index contributed by atoms with van der Waals surface area (Å²) in [5.41, 5.74) is 4.05. The predicted molar refractivity (Wildman–Crippen MR) is 135 cm³/mol. The Labute approximate surface area is 191 Å². The van der Waals surface area contributed by atoms with Gasteiger partial charge in [-0.15, -0.1) is 0 Å².